The second-order valence-corrected chi connectivity index (χ2v) is 4.98. The van der Waals surface area contributed by atoms with Gasteiger partial charge < -0.3 is 21.9 Å². The molecule has 0 aromatic heterocycles. The lowest BCUT2D eigenvalue weighted by atomic mass is 10.2. The predicted molar refractivity (Wildman–Crippen MR) is 76.5 cm³/mol. The minimum atomic E-state index is -1.10. The molecule has 7 nitrogen and oxygen atoms in total. The van der Waals surface area contributed by atoms with E-state index in [0.717, 1.165) is 11.8 Å². The highest BCUT2D eigenvalue weighted by atomic mass is 32.2. The summed E-state index contributed by atoms with van der Waals surface area (Å²) in [6.07, 6.45) is 0. The molecule has 20 heavy (non-hydrogen) atoms. The van der Waals surface area contributed by atoms with E-state index in [1.807, 2.05) is 0 Å². The van der Waals surface area contributed by atoms with Gasteiger partial charge in [0.1, 0.15) is 6.04 Å². The normalized spacial score (nSPS) is 11.7. The summed E-state index contributed by atoms with van der Waals surface area (Å²) in [5.74, 6) is -1.66. The van der Waals surface area contributed by atoms with Gasteiger partial charge in [-0.15, -0.1) is 11.8 Å². The molecule has 0 bridgehead atoms. The zero-order valence-corrected chi connectivity index (χ0v) is 11.4. The van der Waals surface area contributed by atoms with Crippen LogP contribution in [0.3, 0.4) is 0 Å². The van der Waals surface area contributed by atoms with Crippen molar-refractivity contribution >= 4 is 35.2 Å². The van der Waals surface area contributed by atoms with Crippen LogP contribution in [0.4, 0.5) is 5.69 Å². The Hall–Kier alpha value is -2.06. The molecule has 108 valence electrons. The van der Waals surface area contributed by atoms with E-state index in [1.165, 1.54) is 12.1 Å². The van der Waals surface area contributed by atoms with Crippen molar-refractivity contribution in [2.45, 2.75) is 6.04 Å². The van der Waals surface area contributed by atoms with Crippen LogP contribution in [-0.2, 0) is 9.59 Å². The van der Waals surface area contributed by atoms with E-state index < -0.39 is 17.9 Å². The van der Waals surface area contributed by atoms with Crippen LogP contribution < -0.4 is 16.8 Å². The largest absolute Gasteiger partial charge is 0.480 e. The lowest BCUT2D eigenvalue weighted by Gasteiger charge is -2.07. The van der Waals surface area contributed by atoms with Gasteiger partial charge in [0.25, 0.3) is 0 Å². The first kappa shape index (κ1) is 16.0. The molecule has 6 N–H and O–H groups in total. The number of amides is 2. The fourth-order valence-electron chi connectivity index (χ4n) is 1.26. The number of anilines is 1. The lowest BCUT2D eigenvalue weighted by Crippen LogP contribution is -2.33. The molecule has 0 saturated carbocycles. The first-order chi connectivity index (χ1) is 9.40. The molecule has 1 aromatic rings. The van der Waals surface area contributed by atoms with Gasteiger partial charge in [0.2, 0.25) is 11.8 Å². The quantitative estimate of drug-likeness (QED) is 0.553. The van der Waals surface area contributed by atoms with Crippen molar-refractivity contribution in [3.05, 3.63) is 29.8 Å². The van der Waals surface area contributed by atoms with E-state index in [-0.39, 0.29) is 17.4 Å². The van der Waals surface area contributed by atoms with Gasteiger partial charge in [-0.3, -0.25) is 14.4 Å². The van der Waals surface area contributed by atoms with Crippen molar-refractivity contribution in [1.82, 2.24) is 0 Å². The molecule has 0 heterocycles. The molecule has 1 rings (SSSR count). The number of thioether (sulfide) groups is 1. The van der Waals surface area contributed by atoms with Crippen LogP contribution in [0.5, 0.6) is 0 Å². The Labute approximate surface area is 119 Å². The Kier molecular flexibility index (Phi) is 6.01. The number of benzene rings is 1. The first-order valence-electron chi connectivity index (χ1n) is 5.66. The Morgan fingerprint density at radius 1 is 1.25 bits per heavy atom. The molecule has 0 spiro atoms. The third kappa shape index (κ3) is 5.29. The van der Waals surface area contributed by atoms with Crippen LogP contribution >= 0.6 is 11.8 Å². The fourth-order valence-corrected chi connectivity index (χ4v) is 2.04. The van der Waals surface area contributed by atoms with E-state index in [0.29, 0.717) is 11.3 Å². The van der Waals surface area contributed by atoms with E-state index >= 15 is 0 Å². The van der Waals surface area contributed by atoms with Crippen LogP contribution in [0, 0.1) is 0 Å². The number of carbonyl (C=O) groups excluding carboxylic acids is 2. The number of nitrogens with two attached hydrogens (primary N) is 2. The molecule has 1 aromatic carbocycles. The third-order valence-corrected chi connectivity index (χ3v) is 3.36. The van der Waals surface area contributed by atoms with E-state index in [4.69, 9.17) is 16.6 Å². The van der Waals surface area contributed by atoms with Crippen molar-refractivity contribution < 1.29 is 19.5 Å². The average molecular weight is 297 g/mol. The van der Waals surface area contributed by atoms with Gasteiger partial charge in [-0.2, -0.15) is 0 Å². The van der Waals surface area contributed by atoms with Crippen molar-refractivity contribution in [2.75, 3.05) is 16.8 Å². The summed E-state index contributed by atoms with van der Waals surface area (Å²) < 4.78 is 0. The number of hydrogen-bond donors (Lipinski definition) is 4. The minimum Gasteiger partial charge on any atom is -0.480 e. The number of nitrogens with one attached hydrogen (secondary N) is 1. The average Bonchev–Trinajstić information content (AvgIpc) is 2.39. The Balaban J connectivity index is 2.39. The second kappa shape index (κ2) is 7.51. The van der Waals surface area contributed by atoms with Crippen LogP contribution in [0.2, 0.25) is 0 Å². The smallest absolute Gasteiger partial charge is 0.321 e. The topological polar surface area (TPSA) is 136 Å². The Morgan fingerprint density at radius 3 is 2.35 bits per heavy atom. The molecule has 0 aliphatic rings. The second-order valence-electron chi connectivity index (χ2n) is 3.95. The molecular formula is C12H15N3O4S. The summed E-state index contributed by atoms with van der Waals surface area (Å²) in [5.41, 5.74) is 11.3. The fraction of sp³-hybridized carbons (Fsp3) is 0.250. The van der Waals surface area contributed by atoms with E-state index in [1.54, 1.807) is 12.1 Å². The van der Waals surface area contributed by atoms with Gasteiger partial charge >= 0.3 is 5.97 Å². The van der Waals surface area contributed by atoms with Crippen molar-refractivity contribution in [3.63, 3.8) is 0 Å². The van der Waals surface area contributed by atoms with Gasteiger partial charge in [-0.1, -0.05) is 0 Å². The molecule has 0 saturated heterocycles. The summed E-state index contributed by atoms with van der Waals surface area (Å²) in [6, 6.07) is 5.15. The summed E-state index contributed by atoms with van der Waals surface area (Å²) >= 11 is 1.13. The standard InChI is InChI=1S/C12H15N3O4S/c13-9(12(18)19)5-20-6-10(16)15-8-3-1-7(2-4-8)11(14)17/h1-4,9H,5-6,13H2,(H2,14,17)(H,15,16)(H,18,19)/t9-/m1/s1. The lowest BCUT2D eigenvalue weighted by molar-refractivity contribution is -0.137. The summed E-state index contributed by atoms with van der Waals surface area (Å²) in [6.45, 7) is 0. The van der Waals surface area contributed by atoms with E-state index in [2.05, 4.69) is 5.32 Å². The number of hydrogen-bond acceptors (Lipinski definition) is 5. The highest BCUT2D eigenvalue weighted by Crippen LogP contribution is 2.10. The zero-order valence-electron chi connectivity index (χ0n) is 10.5. The molecule has 0 radical (unpaired) electrons. The molecule has 0 fully saturated rings. The van der Waals surface area contributed by atoms with Crippen molar-refractivity contribution in [3.8, 4) is 0 Å². The number of carboxylic acid groups (broad SMARTS) is 1. The summed E-state index contributed by atoms with van der Waals surface area (Å²) in [5, 5.41) is 11.2. The Morgan fingerprint density at radius 2 is 1.85 bits per heavy atom. The molecule has 2 amide bonds. The van der Waals surface area contributed by atoms with Crippen LogP contribution in [-0.4, -0.2) is 40.4 Å². The maximum Gasteiger partial charge on any atom is 0.321 e. The molecule has 0 unspecified atom stereocenters. The minimum absolute atomic E-state index is 0.0958. The van der Waals surface area contributed by atoms with Gasteiger partial charge in [-0.25, -0.2) is 0 Å². The van der Waals surface area contributed by atoms with Crippen molar-refractivity contribution in [2.24, 2.45) is 11.5 Å². The predicted octanol–water partition coefficient (Wildman–Crippen LogP) is -0.131. The molecule has 0 aliphatic heterocycles. The van der Waals surface area contributed by atoms with Gasteiger partial charge in [0.05, 0.1) is 5.75 Å². The monoisotopic (exact) mass is 297 g/mol. The van der Waals surface area contributed by atoms with Gasteiger partial charge in [0, 0.05) is 17.0 Å². The van der Waals surface area contributed by atoms with Gasteiger partial charge in [0.15, 0.2) is 0 Å². The molecule has 0 aliphatic carbocycles. The highest BCUT2D eigenvalue weighted by molar-refractivity contribution is 8.00. The SMILES string of the molecule is NC(=O)c1ccc(NC(=O)CSC[C@@H](N)C(=O)O)cc1. The van der Waals surface area contributed by atoms with E-state index in [9.17, 15) is 14.4 Å². The number of carboxylic acids is 1. The number of rotatable bonds is 7. The summed E-state index contributed by atoms with van der Waals surface area (Å²) in [7, 11) is 0. The third-order valence-electron chi connectivity index (χ3n) is 2.30. The van der Waals surface area contributed by atoms with Crippen LogP contribution in [0.1, 0.15) is 10.4 Å². The molecular weight excluding hydrogens is 282 g/mol. The van der Waals surface area contributed by atoms with Crippen LogP contribution in [0.25, 0.3) is 0 Å². The number of carbonyl (C=O) groups is 3. The van der Waals surface area contributed by atoms with Crippen LogP contribution in [0.15, 0.2) is 24.3 Å². The zero-order chi connectivity index (χ0) is 15.1. The maximum atomic E-state index is 11.6. The Bertz CT molecular complexity index is 504. The van der Waals surface area contributed by atoms with Gasteiger partial charge in [-0.05, 0) is 24.3 Å². The number of aliphatic carboxylic acids is 1. The first-order valence-corrected chi connectivity index (χ1v) is 6.81. The number of primary amides is 1. The summed E-state index contributed by atoms with van der Waals surface area (Å²) in [4.78, 5) is 32.9. The van der Waals surface area contributed by atoms with Crippen molar-refractivity contribution in [1.29, 1.82) is 0 Å². The molecule has 1 atom stereocenters. The molecule has 8 heteroatoms. The maximum absolute atomic E-state index is 11.6. The highest BCUT2D eigenvalue weighted by Gasteiger charge is 2.12.